The highest BCUT2D eigenvalue weighted by Gasteiger charge is 2.18. The van der Waals surface area contributed by atoms with E-state index in [1.54, 1.807) is 18.5 Å². The maximum absolute atomic E-state index is 11.1. The van der Waals surface area contributed by atoms with Gasteiger partial charge in [-0.3, -0.25) is 9.78 Å². The molecule has 0 saturated carbocycles. The third-order valence-electron chi connectivity index (χ3n) is 1.85. The van der Waals surface area contributed by atoms with E-state index in [2.05, 4.69) is 9.72 Å². The van der Waals surface area contributed by atoms with Crippen LogP contribution in [0.4, 0.5) is 0 Å². The van der Waals surface area contributed by atoms with Gasteiger partial charge in [0.25, 0.3) is 0 Å². The number of rotatable bonds is 4. The number of aldehydes is 1. The number of methoxy groups -OCH3 is 1. The second-order valence-electron chi connectivity index (χ2n) is 2.83. The largest absolute Gasteiger partial charge is 0.468 e. The minimum absolute atomic E-state index is 0.337. The van der Waals surface area contributed by atoms with E-state index >= 15 is 0 Å². The third-order valence-corrected chi connectivity index (χ3v) is 1.85. The first-order valence-electron chi connectivity index (χ1n) is 4.20. The van der Waals surface area contributed by atoms with Crippen molar-refractivity contribution in [3.8, 4) is 0 Å². The minimum atomic E-state index is -0.732. The molecule has 14 heavy (non-hydrogen) atoms. The summed E-state index contributed by atoms with van der Waals surface area (Å²) in [5.74, 6) is -1.24. The van der Waals surface area contributed by atoms with E-state index in [9.17, 15) is 9.59 Å². The average molecular weight is 193 g/mol. The number of ether oxygens (including phenoxy) is 1. The highest BCUT2D eigenvalue weighted by molar-refractivity contribution is 5.87. The molecule has 0 unspecified atom stereocenters. The number of carbonyl (C=O) groups is 2. The molecule has 0 bridgehead atoms. The summed E-state index contributed by atoms with van der Waals surface area (Å²) in [5, 5.41) is 0. The smallest absolute Gasteiger partial charge is 0.316 e. The predicted molar refractivity (Wildman–Crippen MR) is 49.5 cm³/mol. The molecule has 0 radical (unpaired) electrons. The first-order valence-corrected chi connectivity index (χ1v) is 4.20. The Morgan fingerprint density at radius 3 is 3.00 bits per heavy atom. The highest BCUT2D eigenvalue weighted by Crippen LogP contribution is 2.06. The van der Waals surface area contributed by atoms with Gasteiger partial charge < -0.3 is 9.53 Å². The molecule has 74 valence electrons. The van der Waals surface area contributed by atoms with Crippen molar-refractivity contribution in [3.63, 3.8) is 0 Å². The van der Waals surface area contributed by atoms with E-state index in [1.807, 2.05) is 6.07 Å². The molecular weight excluding hydrogens is 182 g/mol. The maximum atomic E-state index is 11.1. The number of esters is 1. The summed E-state index contributed by atoms with van der Waals surface area (Å²) in [6.45, 7) is 0. The first kappa shape index (κ1) is 10.4. The van der Waals surface area contributed by atoms with E-state index in [-0.39, 0.29) is 0 Å². The van der Waals surface area contributed by atoms with Crippen LogP contribution in [0, 0.1) is 5.92 Å². The fourth-order valence-corrected chi connectivity index (χ4v) is 1.11. The summed E-state index contributed by atoms with van der Waals surface area (Å²) in [4.78, 5) is 25.6. The number of pyridine rings is 1. The molecule has 1 aromatic rings. The molecule has 0 amide bonds. The second kappa shape index (κ2) is 5.11. The van der Waals surface area contributed by atoms with E-state index in [0.29, 0.717) is 12.7 Å². The monoisotopic (exact) mass is 193 g/mol. The summed E-state index contributed by atoms with van der Waals surface area (Å²) < 4.78 is 4.48. The Morgan fingerprint density at radius 2 is 2.50 bits per heavy atom. The zero-order valence-electron chi connectivity index (χ0n) is 7.84. The van der Waals surface area contributed by atoms with E-state index in [0.717, 1.165) is 5.56 Å². The predicted octanol–water partition coefficient (Wildman–Crippen LogP) is 0.612. The molecule has 0 saturated heterocycles. The number of nitrogens with zero attached hydrogens (tertiary/aromatic N) is 1. The van der Waals surface area contributed by atoms with Gasteiger partial charge in [-0.25, -0.2) is 0 Å². The Labute approximate surface area is 81.9 Å². The summed E-state index contributed by atoms with van der Waals surface area (Å²) in [5.41, 5.74) is 0.843. The van der Waals surface area contributed by atoms with Crippen LogP contribution in [0.1, 0.15) is 5.56 Å². The fraction of sp³-hybridized carbons (Fsp3) is 0.300. The van der Waals surface area contributed by atoms with Crippen LogP contribution in [0.5, 0.6) is 0 Å². The first-order chi connectivity index (χ1) is 6.77. The Hall–Kier alpha value is -1.71. The molecule has 0 fully saturated rings. The molecule has 0 aliphatic rings. The van der Waals surface area contributed by atoms with E-state index in [1.165, 1.54) is 7.11 Å². The van der Waals surface area contributed by atoms with Crippen LogP contribution in [-0.2, 0) is 20.7 Å². The van der Waals surface area contributed by atoms with Gasteiger partial charge in [0, 0.05) is 12.4 Å². The van der Waals surface area contributed by atoms with Crippen LogP contribution in [0.3, 0.4) is 0 Å². The van der Waals surface area contributed by atoms with Crippen molar-refractivity contribution < 1.29 is 14.3 Å². The zero-order valence-corrected chi connectivity index (χ0v) is 7.84. The molecular formula is C10H11NO3. The van der Waals surface area contributed by atoms with Gasteiger partial charge in [0.15, 0.2) is 0 Å². The SMILES string of the molecule is COC(=O)[C@@H](C=O)Cc1cccnc1. The Kier molecular flexibility index (Phi) is 3.79. The fourth-order valence-electron chi connectivity index (χ4n) is 1.11. The van der Waals surface area contributed by atoms with Gasteiger partial charge in [-0.2, -0.15) is 0 Å². The van der Waals surface area contributed by atoms with Crippen molar-refractivity contribution in [1.82, 2.24) is 4.98 Å². The van der Waals surface area contributed by atoms with E-state index in [4.69, 9.17) is 0 Å². The molecule has 0 spiro atoms. The van der Waals surface area contributed by atoms with Crippen LogP contribution in [-0.4, -0.2) is 24.3 Å². The van der Waals surface area contributed by atoms with Crippen molar-refractivity contribution in [2.24, 2.45) is 5.92 Å². The van der Waals surface area contributed by atoms with Crippen molar-refractivity contribution in [1.29, 1.82) is 0 Å². The molecule has 0 aromatic carbocycles. The zero-order chi connectivity index (χ0) is 10.4. The number of carbonyl (C=O) groups excluding carboxylic acids is 2. The van der Waals surface area contributed by atoms with Gasteiger partial charge in [-0.1, -0.05) is 6.07 Å². The molecule has 4 heteroatoms. The Balaban J connectivity index is 2.66. The number of hydrogen-bond donors (Lipinski definition) is 0. The quantitative estimate of drug-likeness (QED) is 0.399. The lowest BCUT2D eigenvalue weighted by atomic mass is 10.0. The van der Waals surface area contributed by atoms with Crippen LogP contribution in [0.15, 0.2) is 24.5 Å². The summed E-state index contributed by atoms with van der Waals surface area (Å²) in [7, 11) is 1.27. The second-order valence-corrected chi connectivity index (χ2v) is 2.83. The van der Waals surface area contributed by atoms with Gasteiger partial charge in [-0.15, -0.1) is 0 Å². The molecule has 4 nitrogen and oxygen atoms in total. The lowest BCUT2D eigenvalue weighted by molar-refractivity contribution is -0.146. The molecule has 1 aromatic heterocycles. The molecule has 0 aliphatic carbocycles. The lowest BCUT2D eigenvalue weighted by Gasteiger charge is -2.06. The number of hydrogen-bond acceptors (Lipinski definition) is 4. The minimum Gasteiger partial charge on any atom is -0.468 e. The van der Waals surface area contributed by atoms with Gasteiger partial charge in [0.1, 0.15) is 12.2 Å². The van der Waals surface area contributed by atoms with Gasteiger partial charge in [0.2, 0.25) is 0 Å². The molecule has 0 aliphatic heterocycles. The molecule has 1 rings (SSSR count). The van der Waals surface area contributed by atoms with Crippen LogP contribution in [0.25, 0.3) is 0 Å². The molecule has 1 atom stereocenters. The van der Waals surface area contributed by atoms with Gasteiger partial charge >= 0.3 is 5.97 Å². The Bertz CT molecular complexity index is 310. The maximum Gasteiger partial charge on any atom is 0.316 e. The van der Waals surface area contributed by atoms with Crippen molar-refractivity contribution >= 4 is 12.3 Å². The topological polar surface area (TPSA) is 56.3 Å². The van der Waals surface area contributed by atoms with Crippen LogP contribution >= 0.6 is 0 Å². The number of aromatic nitrogens is 1. The van der Waals surface area contributed by atoms with E-state index < -0.39 is 11.9 Å². The average Bonchev–Trinajstić information content (AvgIpc) is 2.26. The van der Waals surface area contributed by atoms with Crippen LogP contribution in [0.2, 0.25) is 0 Å². The Morgan fingerprint density at radius 1 is 1.71 bits per heavy atom. The molecule has 1 heterocycles. The lowest BCUT2D eigenvalue weighted by Crippen LogP contribution is -2.19. The molecule has 0 N–H and O–H groups in total. The van der Waals surface area contributed by atoms with Gasteiger partial charge in [-0.05, 0) is 18.1 Å². The summed E-state index contributed by atoms with van der Waals surface area (Å²) in [6, 6.07) is 3.57. The van der Waals surface area contributed by atoms with Crippen molar-refractivity contribution in [2.45, 2.75) is 6.42 Å². The van der Waals surface area contributed by atoms with Crippen molar-refractivity contribution in [2.75, 3.05) is 7.11 Å². The summed E-state index contributed by atoms with van der Waals surface area (Å²) >= 11 is 0. The normalized spacial score (nSPS) is 11.8. The highest BCUT2D eigenvalue weighted by atomic mass is 16.5. The standard InChI is InChI=1S/C10H11NO3/c1-14-10(13)9(7-12)5-8-3-2-4-11-6-8/h2-4,6-7,9H,5H2,1H3/t9-/m1/s1. The van der Waals surface area contributed by atoms with Crippen LogP contribution < -0.4 is 0 Å². The van der Waals surface area contributed by atoms with Gasteiger partial charge in [0.05, 0.1) is 7.11 Å². The van der Waals surface area contributed by atoms with Crippen molar-refractivity contribution in [3.05, 3.63) is 30.1 Å². The third kappa shape index (κ3) is 2.65. The summed E-state index contributed by atoms with van der Waals surface area (Å²) in [6.07, 6.45) is 4.19.